The first-order valence-electron chi connectivity index (χ1n) is 5.72. The van der Waals surface area contributed by atoms with Crippen molar-refractivity contribution in [2.45, 2.75) is 6.92 Å². The molecule has 0 aromatic heterocycles. The fourth-order valence-electron chi connectivity index (χ4n) is 1.80. The molecule has 3 heteroatoms. The maximum absolute atomic E-state index is 11.4. The van der Waals surface area contributed by atoms with Crippen LogP contribution in [-0.4, -0.2) is 23.2 Å². The van der Waals surface area contributed by atoms with Gasteiger partial charge in [0.05, 0.1) is 0 Å². The molecule has 0 fully saturated rings. The highest BCUT2D eigenvalue weighted by molar-refractivity contribution is 5.95. The van der Waals surface area contributed by atoms with E-state index in [-0.39, 0.29) is 0 Å². The molecule has 0 heterocycles. The van der Waals surface area contributed by atoms with E-state index in [1.807, 2.05) is 49.4 Å². The lowest BCUT2D eigenvalue weighted by molar-refractivity contribution is -0.153. The number of carbonyl (C=O) groups excluding carboxylic acids is 1. The van der Waals surface area contributed by atoms with Crippen molar-refractivity contribution in [3.8, 4) is 0 Å². The summed E-state index contributed by atoms with van der Waals surface area (Å²) < 4.78 is 0. The minimum Gasteiger partial charge on any atom is -0.286 e. The van der Waals surface area contributed by atoms with Crippen molar-refractivity contribution in [1.82, 2.24) is 5.06 Å². The fraction of sp³-hybridized carbons (Fsp3) is 0.133. The Bertz CT molecular complexity index is 615. The number of fused-ring (bicyclic) bond motifs is 1. The summed E-state index contributed by atoms with van der Waals surface area (Å²) in [4.78, 5) is 11.4. The molecule has 0 bridgehead atoms. The molecule has 92 valence electrons. The number of hydrogen-bond acceptors (Lipinski definition) is 2. The van der Waals surface area contributed by atoms with Crippen LogP contribution < -0.4 is 0 Å². The summed E-state index contributed by atoms with van der Waals surface area (Å²) in [6.07, 6.45) is 1.42. The number of allylic oxidation sites excluding steroid dienone is 1. The Morgan fingerprint density at radius 1 is 1.17 bits per heavy atom. The highest BCUT2D eigenvalue weighted by atomic mass is 16.5. The number of rotatable bonds is 2. The summed E-state index contributed by atoms with van der Waals surface area (Å²) in [5, 5.41) is 11.9. The third-order valence-corrected chi connectivity index (χ3v) is 2.86. The number of amides is 1. The molecule has 2 rings (SSSR count). The zero-order valence-electron chi connectivity index (χ0n) is 10.4. The number of likely N-dealkylation sites (N-methyl/N-ethyl adjacent to an activating group) is 1. The second-order valence-corrected chi connectivity index (χ2v) is 4.25. The lowest BCUT2D eigenvalue weighted by atomic mass is 10.0. The van der Waals surface area contributed by atoms with E-state index in [9.17, 15) is 4.79 Å². The van der Waals surface area contributed by atoms with E-state index >= 15 is 0 Å². The van der Waals surface area contributed by atoms with Gasteiger partial charge in [-0.3, -0.25) is 10.0 Å². The van der Waals surface area contributed by atoms with Gasteiger partial charge in [-0.1, -0.05) is 36.4 Å². The van der Waals surface area contributed by atoms with Crippen LogP contribution in [0.2, 0.25) is 0 Å². The minimum absolute atomic E-state index is 0.430. The van der Waals surface area contributed by atoms with Gasteiger partial charge in [0.2, 0.25) is 0 Å². The summed E-state index contributed by atoms with van der Waals surface area (Å²) in [6.45, 7) is 1.85. The van der Waals surface area contributed by atoms with E-state index in [2.05, 4.69) is 0 Å². The van der Waals surface area contributed by atoms with Gasteiger partial charge < -0.3 is 0 Å². The fourth-order valence-corrected chi connectivity index (χ4v) is 1.80. The zero-order valence-corrected chi connectivity index (χ0v) is 10.4. The molecule has 2 aromatic rings. The second-order valence-electron chi connectivity index (χ2n) is 4.25. The van der Waals surface area contributed by atoms with Gasteiger partial charge in [-0.25, -0.2) is 5.06 Å². The van der Waals surface area contributed by atoms with Gasteiger partial charge in [-0.15, -0.1) is 0 Å². The Kier molecular flexibility index (Phi) is 3.44. The number of carbonyl (C=O) groups is 1. The van der Waals surface area contributed by atoms with Crippen LogP contribution in [0.3, 0.4) is 0 Å². The number of benzene rings is 2. The molecule has 0 atom stereocenters. The van der Waals surface area contributed by atoms with E-state index in [1.165, 1.54) is 18.5 Å². The molecular weight excluding hydrogens is 226 g/mol. The monoisotopic (exact) mass is 241 g/mol. The van der Waals surface area contributed by atoms with Crippen LogP contribution in [0.4, 0.5) is 0 Å². The van der Waals surface area contributed by atoms with Gasteiger partial charge in [0.25, 0.3) is 5.91 Å². The first-order valence-corrected chi connectivity index (χ1v) is 5.72. The number of hydroxylamine groups is 2. The Balaban J connectivity index is 2.39. The van der Waals surface area contributed by atoms with E-state index in [4.69, 9.17) is 5.21 Å². The largest absolute Gasteiger partial charge is 0.286 e. The molecule has 0 unspecified atom stereocenters. The van der Waals surface area contributed by atoms with Crippen LogP contribution in [0, 0.1) is 0 Å². The van der Waals surface area contributed by atoms with Crippen LogP contribution in [0.5, 0.6) is 0 Å². The normalized spacial score (nSPS) is 11.6. The Morgan fingerprint density at radius 2 is 1.83 bits per heavy atom. The average Bonchev–Trinajstić information content (AvgIpc) is 2.37. The first-order chi connectivity index (χ1) is 8.58. The highest BCUT2D eigenvalue weighted by Gasteiger charge is 2.04. The predicted molar refractivity (Wildman–Crippen MR) is 72.2 cm³/mol. The van der Waals surface area contributed by atoms with Gasteiger partial charge in [-0.2, -0.15) is 0 Å². The van der Waals surface area contributed by atoms with Gasteiger partial charge in [0, 0.05) is 13.1 Å². The minimum atomic E-state index is -0.430. The number of nitrogens with zero attached hydrogens (tertiary/aromatic N) is 1. The standard InChI is InChI=1S/C15H15NO2/c1-11(9-15(17)16(2)18)13-8-7-12-5-3-4-6-14(12)10-13/h3-10,18H,1-2H3/b11-9+. The van der Waals surface area contributed by atoms with Crippen molar-refractivity contribution >= 4 is 22.3 Å². The van der Waals surface area contributed by atoms with Crippen molar-refractivity contribution in [3.05, 3.63) is 54.1 Å². The van der Waals surface area contributed by atoms with Crippen LogP contribution >= 0.6 is 0 Å². The van der Waals surface area contributed by atoms with Crippen molar-refractivity contribution in [3.63, 3.8) is 0 Å². The molecular formula is C15H15NO2. The van der Waals surface area contributed by atoms with Crippen molar-refractivity contribution < 1.29 is 10.0 Å². The van der Waals surface area contributed by atoms with Crippen molar-refractivity contribution in [1.29, 1.82) is 0 Å². The van der Waals surface area contributed by atoms with Crippen LogP contribution in [0.25, 0.3) is 16.3 Å². The summed E-state index contributed by atoms with van der Waals surface area (Å²) in [5.41, 5.74) is 1.80. The Morgan fingerprint density at radius 3 is 2.50 bits per heavy atom. The molecule has 0 saturated heterocycles. The molecule has 2 aromatic carbocycles. The maximum atomic E-state index is 11.4. The van der Waals surface area contributed by atoms with Crippen molar-refractivity contribution in [2.75, 3.05) is 7.05 Å². The molecule has 0 aliphatic carbocycles. The zero-order chi connectivity index (χ0) is 13.1. The van der Waals surface area contributed by atoms with Crippen LogP contribution in [-0.2, 0) is 4.79 Å². The van der Waals surface area contributed by atoms with Gasteiger partial charge in [0.15, 0.2) is 0 Å². The lowest BCUT2D eigenvalue weighted by Gasteiger charge is -2.07. The van der Waals surface area contributed by atoms with E-state index in [1.54, 1.807) is 0 Å². The van der Waals surface area contributed by atoms with Gasteiger partial charge in [-0.05, 0) is 34.9 Å². The summed E-state index contributed by atoms with van der Waals surface area (Å²) in [5.74, 6) is -0.430. The third-order valence-electron chi connectivity index (χ3n) is 2.86. The second kappa shape index (κ2) is 5.02. The van der Waals surface area contributed by atoms with E-state index in [0.717, 1.165) is 16.5 Å². The molecule has 0 radical (unpaired) electrons. The lowest BCUT2D eigenvalue weighted by Crippen LogP contribution is -2.20. The molecule has 0 aliphatic heterocycles. The molecule has 0 spiro atoms. The molecule has 1 N–H and O–H groups in total. The first kappa shape index (κ1) is 12.3. The molecule has 0 saturated carbocycles. The summed E-state index contributed by atoms with van der Waals surface area (Å²) in [6, 6.07) is 14.1. The Labute approximate surface area is 106 Å². The highest BCUT2D eigenvalue weighted by Crippen LogP contribution is 2.20. The average molecular weight is 241 g/mol. The molecule has 0 aliphatic rings. The topological polar surface area (TPSA) is 40.5 Å². The number of hydrogen-bond donors (Lipinski definition) is 1. The SMILES string of the molecule is C/C(=C\C(=O)N(C)O)c1ccc2ccccc2c1. The maximum Gasteiger partial charge on any atom is 0.269 e. The summed E-state index contributed by atoms with van der Waals surface area (Å²) in [7, 11) is 1.31. The smallest absolute Gasteiger partial charge is 0.269 e. The van der Waals surface area contributed by atoms with Gasteiger partial charge in [0.1, 0.15) is 0 Å². The third kappa shape index (κ3) is 2.57. The Hall–Kier alpha value is -2.13. The molecule has 1 amide bonds. The predicted octanol–water partition coefficient (Wildman–Crippen LogP) is 3.09. The summed E-state index contributed by atoms with van der Waals surface area (Å²) >= 11 is 0. The van der Waals surface area contributed by atoms with E-state index in [0.29, 0.717) is 5.06 Å². The molecule has 3 nitrogen and oxygen atoms in total. The van der Waals surface area contributed by atoms with Gasteiger partial charge >= 0.3 is 0 Å². The van der Waals surface area contributed by atoms with Crippen molar-refractivity contribution in [2.24, 2.45) is 0 Å². The molecule has 18 heavy (non-hydrogen) atoms. The van der Waals surface area contributed by atoms with Crippen LogP contribution in [0.1, 0.15) is 12.5 Å². The van der Waals surface area contributed by atoms with E-state index < -0.39 is 5.91 Å². The quantitative estimate of drug-likeness (QED) is 0.498. The van der Waals surface area contributed by atoms with Crippen LogP contribution in [0.15, 0.2) is 48.5 Å².